The number of rotatable bonds is 4. The van der Waals surface area contributed by atoms with Gasteiger partial charge in [0, 0.05) is 32.1 Å². The van der Waals surface area contributed by atoms with Crippen molar-refractivity contribution < 1.29 is 14.3 Å². The molecule has 1 aliphatic carbocycles. The molecule has 2 amide bonds. The third-order valence-corrected chi connectivity index (χ3v) is 5.67. The highest BCUT2D eigenvalue weighted by molar-refractivity contribution is 5.97. The highest BCUT2D eigenvalue weighted by atomic mass is 16.5. The molecule has 5 heteroatoms. The van der Waals surface area contributed by atoms with Crippen molar-refractivity contribution in [2.45, 2.75) is 25.7 Å². The normalized spacial score (nSPS) is 17.6. The van der Waals surface area contributed by atoms with Crippen molar-refractivity contribution in [2.75, 3.05) is 26.2 Å². The molecule has 0 radical (unpaired) electrons. The minimum atomic E-state index is -0.0421. The first kappa shape index (κ1) is 18.5. The summed E-state index contributed by atoms with van der Waals surface area (Å²) in [6, 6.07) is 16.8. The third kappa shape index (κ3) is 4.03. The van der Waals surface area contributed by atoms with Gasteiger partial charge in [0.15, 0.2) is 0 Å². The van der Waals surface area contributed by atoms with Crippen LogP contribution < -0.4 is 4.74 Å². The first-order valence-electron chi connectivity index (χ1n) is 10.1. The van der Waals surface area contributed by atoms with Gasteiger partial charge in [0.25, 0.3) is 5.91 Å². The van der Waals surface area contributed by atoms with Crippen LogP contribution >= 0.6 is 0 Å². The maximum Gasteiger partial charge on any atom is 0.257 e. The van der Waals surface area contributed by atoms with Gasteiger partial charge in [-0.15, -0.1) is 0 Å². The van der Waals surface area contributed by atoms with E-state index >= 15 is 0 Å². The summed E-state index contributed by atoms with van der Waals surface area (Å²) in [5, 5.41) is 0. The molecule has 2 fully saturated rings. The SMILES string of the molecule is O=C(c1ccccc1Oc1ccccc1)N1CCN(C(=O)C2CCCC2)CC1. The summed E-state index contributed by atoms with van der Waals surface area (Å²) in [5.74, 6) is 1.69. The second kappa shape index (κ2) is 8.46. The van der Waals surface area contributed by atoms with Gasteiger partial charge in [0.1, 0.15) is 11.5 Å². The van der Waals surface area contributed by atoms with Crippen LogP contribution in [0.25, 0.3) is 0 Å². The number of piperazine rings is 1. The fourth-order valence-electron chi connectivity index (χ4n) is 4.08. The molecule has 0 bridgehead atoms. The lowest BCUT2D eigenvalue weighted by molar-refractivity contribution is -0.136. The van der Waals surface area contributed by atoms with Crippen LogP contribution in [0.4, 0.5) is 0 Å². The van der Waals surface area contributed by atoms with E-state index in [0.717, 1.165) is 25.7 Å². The summed E-state index contributed by atoms with van der Waals surface area (Å²) in [6.45, 7) is 2.36. The number of hydrogen-bond donors (Lipinski definition) is 0. The Morgan fingerprint density at radius 3 is 2.11 bits per heavy atom. The van der Waals surface area contributed by atoms with E-state index in [-0.39, 0.29) is 17.7 Å². The molecule has 5 nitrogen and oxygen atoms in total. The van der Waals surface area contributed by atoms with Crippen molar-refractivity contribution >= 4 is 11.8 Å². The van der Waals surface area contributed by atoms with Crippen molar-refractivity contribution in [2.24, 2.45) is 5.92 Å². The van der Waals surface area contributed by atoms with Crippen molar-refractivity contribution in [1.29, 1.82) is 0 Å². The maximum atomic E-state index is 13.1. The molecule has 1 saturated heterocycles. The van der Waals surface area contributed by atoms with Crippen LogP contribution in [0.5, 0.6) is 11.5 Å². The van der Waals surface area contributed by atoms with Gasteiger partial charge in [0.2, 0.25) is 5.91 Å². The topological polar surface area (TPSA) is 49.9 Å². The molecular formula is C23H26N2O3. The lowest BCUT2D eigenvalue weighted by Crippen LogP contribution is -2.51. The number of nitrogens with zero attached hydrogens (tertiary/aromatic N) is 2. The molecule has 1 aliphatic heterocycles. The van der Waals surface area contributed by atoms with E-state index in [4.69, 9.17) is 4.74 Å². The van der Waals surface area contributed by atoms with Crippen LogP contribution in [0.1, 0.15) is 36.0 Å². The average molecular weight is 378 g/mol. The first-order valence-corrected chi connectivity index (χ1v) is 10.1. The molecule has 2 aromatic carbocycles. The first-order chi connectivity index (χ1) is 13.7. The van der Waals surface area contributed by atoms with Crippen LogP contribution in [0.15, 0.2) is 54.6 Å². The second-order valence-electron chi connectivity index (χ2n) is 7.51. The molecule has 146 valence electrons. The van der Waals surface area contributed by atoms with Gasteiger partial charge in [-0.05, 0) is 37.1 Å². The Balaban J connectivity index is 1.41. The van der Waals surface area contributed by atoms with E-state index in [9.17, 15) is 9.59 Å². The number of carbonyl (C=O) groups is 2. The van der Waals surface area contributed by atoms with E-state index in [0.29, 0.717) is 43.2 Å². The Bertz CT molecular complexity index is 823. The van der Waals surface area contributed by atoms with Crippen LogP contribution in [0.2, 0.25) is 0 Å². The summed E-state index contributed by atoms with van der Waals surface area (Å²) >= 11 is 0. The van der Waals surface area contributed by atoms with Gasteiger partial charge in [0.05, 0.1) is 5.56 Å². The van der Waals surface area contributed by atoms with Gasteiger partial charge < -0.3 is 14.5 Å². The summed E-state index contributed by atoms with van der Waals surface area (Å²) in [7, 11) is 0. The molecule has 28 heavy (non-hydrogen) atoms. The Hall–Kier alpha value is -2.82. The molecule has 0 atom stereocenters. The van der Waals surface area contributed by atoms with Crippen LogP contribution in [0.3, 0.4) is 0 Å². The zero-order chi connectivity index (χ0) is 19.3. The fraction of sp³-hybridized carbons (Fsp3) is 0.391. The minimum Gasteiger partial charge on any atom is -0.457 e. The van der Waals surface area contributed by atoms with Crippen LogP contribution in [-0.2, 0) is 4.79 Å². The number of benzene rings is 2. The zero-order valence-electron chi connectivity index (χ0n) is 16.0. The quantitative estimate of drug-likeness (QED) is 0.809. The predicted molar refractivity (Wildman–Crippen MR) is 107 cm³/mol. The number of amides is 2. The van der Waals surface area contributed by atoms with Crippen LogP contribution in [0, 0.1) is 5.92 Å². The number of hydrogen-bond acceptors (Lipinski definition) is 3. The van der Waals surface area contributed by atoms with E-state index in [2.05, 4.69) is 0 Å². The third-order valence-electron chi connectivity index (χ3n) is 5.67. The average Bonchev–Trinajstić information content (AvgIpc) is 3.29. The second-order valence-corrected chi connectivity index (χ2v) is 7.51. The zero-order valence-corrected chi connectivity index (χ0v) is 16.0. The Kier molecular flexibility index (Phi) is 5.60. The molecule has 2 aromatic rings. The van der Waals surface area contributed by atoms with Gasteiger partial charge in [-0.1, -0.05) is 43.2 Å². The van der Waals surface area contributed by atoms with Crippen molar-refractivity contribution in [3.63, 3.8) is 0 Å². The molecule has 0 unspecified atom stereocenters. The van der Waals surface area contributed by atoms with Gasteiger partial charge in [-0.25, -0.2) is 0 Å². The summed E-state index contributed by atoms with van der Waals surface area (Å²) in [5.41, 5.74) is 0.557. The molecular weight excluding hydrogens is 352 g/mol. The monoisotopic (exact) mass is 378 g/mol. The summed E-state index contributed by atoms with van der Waals surface area (Å²) in [6.07, 6.45) is 4.35. The molecule has 0 aromatic heterocycles. The molecule has 0 spiro atoms. The van der Waals surface area contributed by atoms with E-state index in [1.165, 1.54) is 0 Å². The van der Waals surface area contributed by atoms with Gasteiger partial charge >= 0.3 is 0 Å². The maximum absolute atomic E-state index is 13.1. The number of para-hydroxylation sites is 2. The lowest BCUT2D eigenvalue weighted by Gasteiger charge is -2.36. The largest absolute Gasteiger partial charge is 0.457 e. The minimum absolute atomic E-state index is 0.0421. The molecule has 0 N–H and O–H groups in total. The smallest absolute Gasteiger partial charge is 0.257 e. The van der Waals surface area contributed by atoms with Gasteiger partial charge in [-0.3, -0.25) is 9.59 Å². The van der Waals surface area contributed by atoms with E-state index in [1.54, 1.807) is 6.07 Å². The molecule has 2 aliphatic rings. The Labute approximate surface area is 165 Å². The molecule has 1 heterocycles. The van der Waals surface area contributed by atoms with E-state index in [1.807, 2.05) is 58.3 Å². The number of carbonyl (C=O) groups excluding carboxylic acids is 2. The summed E-state index contributed by atoms with van der Waals surface area (Å²) in [4.78, 5) is 29.5. The van der Waals surface area contributed by atoms with Crippen molar-refractivity contribution in [3.8, 4) is 11.5 Å². The Morgan fingerprint density at radius 2 is 1.39 bits per heavy atom. The fourth-order valence-corrected chi connectivity index (χ4v) is 4.08. The number of ether oxygens (including phenoxy) is 1. The standard InChI is InChI=1S/C23H26N2O3/c26-22(18-8-4-5-9-18)24-14-16-25(17-15-24)23(27)20-12-6-7-13-21(20)28-19-10-2-1-3-11-19/h1-3,6-7,10-13,18H,4-5,8-9,14-17H2. The summed E-state index contributed by atoms with van der Waals surface area (Å²) < 4.78 is 5.94. The van der Waals surface area contributed by atoms with Crippen molar-refractivity contribution in [1.82, 2.24) is 9.80 Å². The Morgan fingerprint density at radius 1 is 0.786 bits per heavy atom. The predicted octanol–water partition coefficient (Wildman–Crippen LogP) is 3.95. The van der Waals surface area contributed by atoms with Crippen LogP contribution in [-0.4, -0.2) is 47.8 Å². The van der Waals surface area contributed by atoms with Gasteiger partial charge in [-0.2, -0.15) is 0 Å². The molecule has 4 rings (SSSR count). The van der Waals surface area contributed by atoms with E-state index < -0.39 is 0 Å². The molecule has 1 saturated carbocycles. The highest BCUT2D eigenvalue weighted by Gasteiger charge is 2.31. The lowest BCUT2D eigenvalue weighted by atomic mass is 10.1. The van der Waals surface area contributed by atoms with Crippen molar-refractivity contribution in [3.05, 3.63) is 60.2 Å². The highest BCUT2D eigenvalue weighted by Crippen LogP contribution is 2.28.